The molecule has 0 aliphatic heterocycles. The first-order valence-corrected chi connectivity index (χ1v) is 11.5. The first-order chi connectivity index (χ1) is 15.6. The summed E-state index contributed by atoms with van der Waals surface area (Å²) in [5.41, 5.74) is 5.28. The normalized spacial score (nSPS) is 14.8. The largest absolute Gasteiger partial charge is 0.461 e. The van der Waals surface area contributed by atoms with Gasteiger partial charge in [0.25, 0.3) is 0 Å². The number of aryl methyl sites for hydroxylation is 2. The third-order valence-electron chi connectivity index (χ3n) is 6.01. The second kappa shape index (κ2) is 9.58. The van der Waals surface area contributed by atoms with Gasteiger partial charge in [-0.1, -0.05) is 61.3 Å². The number of benzene rings is 2. The highest BCUT2D eigenvalue weighted by Gasteiger charge is 2.31. The number of esters is 1. The van der Waals surface area contributed by atoms with Gasteiger partial charge in [-0.25, -0.2) is 9.78 Å². The van der Waals surface area contributed by atoms with Crippen LogP contribution in [0.5, 0.6) is 0 Å². The summed E-state index contributed by atoms with van der Waals surface area (Å²) in [6.07, 6.45) is 4.55. The quantitative estimate of drug-likeness (QED) is 0.408. The Morgan fingerprint density at radius 2 is 2.09 bits per heavy atom. The first-order valence-electron chi connectivity index (χ1n) is 11.1. The number of halogens is 1. The molecule has 1 heterocycles. The van der Waals surface area contributed by atoms with Crippen LogP contribution in [0.2, 0.25) is 5.15 Å². The summed E-state index contributed by atoms with van der Waals surface area (Å²) in [7, 11) is 0. The second-order valence-corrected chi connectivity index (χ2v) is 8.34. The van der Waals surface area contributed by atoms with E-state index in [1.165, 1.54) is 11.1 Å². The van der Waals surface area contributed by atoms with Gasteiger partial charge in [-0.05, 0) is 54.5 Å². The molecule has 2 aromatic carbocycles. The number of nitriles is 1. The molecule has 0 radical (unpaired) electrons. The van der Waals surface area contributed by atoms with Crippen molar-refractivity contribution in [2.45, 2.75) is 52.0 Å². The Labute approximate surface area is 193 Å². The van der Waals surface area contributed by atoms with Gasteiger partial charge in [0.2, 0.25) is 0 Å². The zero-order chi connectivity index (χ0) is 22.7. The van der Waals surface area contributed by atoms with Crippen LogP contribution >= 0.6 is 11.6 Å². The summed E-state index contributed by atoms with van der Waals surface area (Å²) in [6.45, 7) is 4.19. The van der Waals surface area contributed by atoms with Crippen molar-refractivity contribution in [2.24, 2.45) is 0 Å². The minimum absolute atomic E-state index is 0.0280. The summed E-state index contributed by atoms with van der Waals surface area (Å²) in [5.74, 6) is 0.354. The van der Waals surface area contributed by atoms with E-state index in [0.717, 1.165) is 49.1 Å². The van der Waals surface area contributed by atoms with E-state index in [1.807, 2.05) is 28.8 Å². The fourth-order valence-corrected chi connectivity index (χ4v) is 4.81. The summed E-state index contributed by atoms with van der Waals surface area (Å²) in [5, 5.41) is 9.82. The number of ether oxygens (including phenoxy) is 1. The molecule has 5 nitrogen and oxygen atoms in total. The molecule has 32 heavy (non-hydrogen) atoms. The number of imidazole rings is 1. The lowest BCUT2D eigenvalue weighted by Crippen LogP contribution is -2.12. The highest BCUT2D eigenvalue weighted by Crippen LogP contribution is 2.40. The van der Waals surface area contributed by atoms with Crippen LogP contribution in [0.1, 0.15) is 72.2 Å². The molecular weight excluding hydrogens is 422 g/mol. The third kappa shape index (κ3) is 4.03. The molecule has 1 atom stereocenters. The Balaban J connectivity index is 1.74. The SMILES string of the molecule is CCCCc1nc(C(=O)OCC)c(Cl)n1C1CCc2cc(-c3ccccc3C#N)ccc21. The van der Waals surface area contributed by atoms with Gasteiger partial charge >= 0.3 is 5.97 Å². The summed E-state index contributed by atoms with van der Waals surface area (Å²) >= 11 is 6.72. The van der Waals surface area contributed by atoms with Crippen molar-refractivity contribution in [3.05, 3.63) is 75.8 Å². The van der Waals surface area contributed by atoms with Gasteiger partial charge in [-0.15, -0.1) is 0 Å². The molecule has 3 aromatic rings. The number of rotatable bonds is 7. The van der Waals surface area contributed by atoms with E-state index in [1.54, 1.807) is 6.92 Å². The van der Waals surface area contributed by atoms with Gasteiger partial charge in [0, 0.05) is 6.42 Å². The van der Waals surface area contributed by atoms with Crippen LogP contribution in [0, 0.1) is 11.3 Å². The zero-order valence-corrected chi connectivity index (χ0v) is 19.2. The summed E-state index contributed by atoms with van der Waals surface area (Å²) in [6, 6.07) is 16.3. The maximum Gasteiger partial charge on any atom is 0.360 e. The number of hydrogen-bond donors (Lipinski definition) is 0. The van der Waals surface area contributed by atoms with Crippen molar-refractivity contribution in [3.63, 3.8) is 0 Å². The molecule has 0 spiro atoms. The molecule has 6 heteroatoms. The van der Waals surface area contributed by atoms with Crippen LogP contribution in [-0.4, -0.2) is 22.1 Å². The smallest absolute Gasteiger partial charge is 0.360 e. The van der Waals surface area contributed by atoms with E-state index in [4.69, 9.17) is 16.3 Å². The van der Waals surface area contributed by atoms with Crippen molar-refractivity contribution in [1.29, 1.82) is 5.26 Å². The van der Waals surface area contributed by atoms with E-state index in [-0.39, 0.29) is 18.3 Å². The minimum Gasteiger partial charge on any atom is -0.461 e. The molecule has 0 fully saturated rings. The summed E-state index contributed by atoms with van der Waals surface area (Å²) < 4.78 is 7.20. The Kier molecular flexibility index (Phi) is 6.62. The Hall–Kier alpha value is -3.10. The predicted molar refractivity (Wildman–Crippen MR) is 125 cm³/mol. The molecule has 4 rings (SSSR count). The second-order valence-electron chi connectivity index (χ2n) is 7.99. The summed E-state index contributed by atoms with van der Waals surface area (Å²) in [4.78, 5) is 17.0. The monoisotopic (exact) mass is 447 g/mol. The molecule has 0 N–H and O–H groups in total. The minimum atomic E-state index is -0.476. The molecule has 0 amide bonds. The highest BCUT2D eigenvalue weighted by atomic mass is 35.5. The van der Waals surface area contributed by atoms with Crippen molar-refractivity contribution in [3.8, 4) is 17.2 Å². The van der Waals surface area contributed by atoms with Gasteiger partial charge in [0.05, 0.1) is 24.3 Å². The van der Waals surface area contributed by atoms with Crippen molar-refractivity contribution in [1.82, 2.24) is 9.55 Å². The maximum atomic E-state index is 12.4. The number of aromatic nitrogens is 2. The molecule has 0 saturated heterocycles. The fourth-order valence-electron chi connectivity index (χ4n) is 4.48. The zero-order valence-electron chi connectivity index (χ0n) is 18.4. The molecule has 0 saturated carbocycles. The molecule has 0 bridgehead atoms. The van der Waals surface area contributed by atoms with E-state index < -0.39 is 5.97 Å². The van der Waals surface area contributed by atoms with Gasteiger partial charge in [0.1, 0.15) is 11.0 Å². The number of fused-ring (bicyclic) bond motifs is 1. The number of hydrogen-bond acceptors (Lipinski definition) is 4. The lowest BCUT2D eigenvalue weighted by molar-refractivity contribution is 0.0520. The standard InChI is InChI=1S/C26H26ClN3O2/c1-3-5-10-23-29-24(26(31)32-4-2)25(27)30(23)22-14-12-18-15-17(11-13-21(18)22)20-9-7-6-8-19(20)16-28/h6-9,11,13,15,22H,3-5,10,12,14H2,1-2H3. The third-order valence-corrected chi connectivity index (χ3v) is 6.37. The Morgan fingerprint density at radius 3 is 2.84 bits per heavy atom. The van der Waals surface area contributed by atoms with Crippen LogP contribution in [0.25, 0.3) is 11.1 Å². The van der Waals surface area contributed by atoms with E-state index >= 15 is 0 Å². The number of nitrogens with zero attached hydrogens (tertiary/aromatic N) is 3. The lowest BCUT2D eigenvalue weighted by atomic mass is 9.96. The first kappa shape index (κ1) is 22.1. The van der Waals surface area contributed by atoms with E-state index in [2.05, 4.69) is 36.2 Å². The van der Waals surface area contributed by atoms with Crippen molar-refractivity contribution in [2.75, 3.05) is 6.61 Å². The van der Waals surface area contributed by atoms with E-state index in [9.17, 15) is 10.1 Å². The predicted octanol–water partition coefficient (Wildman–Crippen LogP) is 6.13. The van der Waals surface area contributed by atoms with Gasteiger partial charge in [0.15, 0.2) is 5.69 Å². The van der Waals surface area contributed by atoms with Crippen LogP contribution in [-0.2, 0) is 17.6 Å². The Morgan fingerprint density at radius 1 is 1.28 bits per heavy atom. The topological polar surface area (TPSA) is 67.9 Å². The average molecular weight is 448 g/mol. The van der Waals surface area contributed by atoms with Crippen molar-refractivity contribution < 1.29 is 9.53 Å². The van der Waals surface area contributed by atoms with Gasteiger partial charge in [-0.2, -0.15) is 5.26 Å². The van der Waals surface area contributed by atoms with Crippen LogP contribution < -0.4 is 0 Å². The molecule has 1 aliphatic rings. The van der Waals surface area contributed by atoms with E-state index in [0.29, 0.717) is 10.7 Å². The fraction of sp³-hybridized carbons (Fsp3) is 0.346. The van der Waals surface area contributed by atoms with Crippen LogP contribution in [0.4, 0.5) is 0 Å². The maximum absolute atomic E-state index is 12.4. The number of carbonyl (C=O) groups excluding carboxylic acids is 1. The highest BCUT2D eigenvalue weighted by molar-refractivity contribution is 6.32. The van der Waals surface area contributed by atoms with Gasteiger partial charge in [-0.3, -0.25) is 0 Å². The molecular formula is C26H26ClN3O2. The average Bonchev–Trinajstić information content (AvgIpc) is 3.37. The number of unbranched alkanes of at least 4 members (excludes halogenated alkanes) is 1. The Bertz CT molecular complexity index is 1190. The molecule has 1 unspecified atom stereocenters. The molecule has 1 aliphatic carbocycles. The molecule has 164 valence electrons. The number of carbonyl (C=O) groups is 1. The van der Waals surface area contributed by atoms with Crippen LogP contribution in [0.3, 0.4) is 0 Å². The van der Waals surface area contributed by atoms with Crippen LogP contribution in [0.15, 0.2) is 42.5 Å². The lowest BCUT2D eigenvalue weighted by Gasteiger charge is -2.18. The van der Waals surface area contributed by atoms with Gasteiger partial charge < -0.3 is 9.30 Å². The van der Waals surface area contributed by atoms with Crippen molar-refractivity contribution >= 4 is 17.6 Å². The molecule has 1 aromatic heterocycles.